The molecule has 0 unspecified atom stereocenters. The predicted octanol–water partition coefficient (Wildman–Crippen LogP) is 3.98. The smallest absolute Gasteiger partial charge is 0.255 e. The number of aryl methyl sites for hydroxylation is 1. The van der Waals surface area contributed by atoms with Crippen LogP contribution in [0.1, 0.15) is 48.4 Å². The summed E-state index contributed by atoms with van der Waals surface area (Å²) >= 11 is 0. The maximum absolute atomic E-state index is 13.2. The van der Waals surface area contributed by atoms with Gasteiger partial charge in [-0.25, -0.2) is 9.67 Å². The Labute approximate surface area is 148 Å². The van der Waals surface area contributed by atoms with Crippen LogP contribution in [0.25, 0.3) is 11.0 Å². The molecule has 2 heterocycles. The van der Waals surface area contributed by atoms with Gasteiger partial charge in [-0.1, -0.05) is 30.3 Å². The van der Waals surface area contributed by atoms with Crippen LogP contribution in [0.15, 0.2) is 42.6 Å². The molecule has 0 aliphatic rings. The molecular formula is C20H24N4O. The van der Waals surface area contributed by atoms with E-state index in [9.17, 15) is 4.79 Å². The minimum atomic E-state index is 0.0187. The van der Waals surface area contributed by atoms with Gasteiger partial charge < -0.3 is 4.90 Å². The van der Waals surface area contributed by atoms with E-state index in [0.29, 0.717) is 18.7 Å². The second-order valence-electron chi connectivity index (χ2n) is 6.54. The number of fused-ring (bicyclic) bond motifs is 1. The molecule has 3 aromatic rings. The number of benzene rings is 1. The molecule has 0 N–H and O–H groups in total. The number of hydrogen-bond donors (Lipinski definition) is 0. The highest BCUT2D eigenvalue weighted by molar-refractivity contribution is 6.05. The van der Waals surface area contributed by atoms with Gasteiger partial charge in [-0.3, -0.25) is 4.79 Å². The van der Waals surface area contributed by atoms with E-state index in [4.69, 9.17) is 0 Å². The molecule has 0 aliphatic carbocycles. The SMILES string of the molecule is CCN(Cc1ccccc1)C(=O)c1cc(C)nc2c1cnn2C(C)C. The molecule has 5 nitrogen and oxygen atoms in total. The molecule has 5 heteroatoms. The van der Waals surface area contributed by atoms with Crippen molar-refractivity contribution in [3.63, 3.8) is 0 Å². The Morgan fingerprint density at radius 2 is 1.96 bits per heavy atom. The van der Waals surface area contributed by atoms with Crippen LogP contribution in [0.5, 0.6) is 0 Å². The van der Waals surface area contributed by atoms with E-state index in [1.807, 2.05) is 59.8 Å². The number of rotatable bonds is 5. The van der Waals surface area contributed by atoms with E-state index < -0.39 is 0 Å². The van der Waals surface area contributed by atoms with Gasteiger partial charge >= 0.3 is 0 Å². The van der Waals surface area contributed by atoms with Crippen molar-refractivity contribution in [3.8, 4) is 0 Å². The summed E-state index contributed by atoms with van der Waals surface area (Å²) in [5, 5.41) is 5.25. The van der Waals surface area contributed by atoms with Gasteiger partial charge in [0.05, 0.1) is 17.1 Å². The minimum Gasteiger partial charge on any atom is -0.335 e. The van der Waals surface area contributed by atoms with E-state index in [-0.39, 0.29) is 11.9 Å². The van der Waals surface area contributed by atoms with Crippen molar-refractivity contribution in [3.05, 3.63) is 59.4 Å². The van der Waals surface area contributed by atoms with E-state index >= 15 is 0 Å². The Balaban J connectivity index is 2.00. The van der Waals surface area contributed by atoms with Gasteiger partial charge in [0.2, 0.25) is 0 Å². The standard InChI is InChI=1S/C20H24N4O/c1-5-23(13-16-9-7-6-8-10-16)20(25)17-11-15(4)22-19-18(17)12-21-24(19)14(2)3/h6-12,14H,5,13H2,1-4H3. The molecule has 25 heavy (non-hydrogen) atoms. The lowest BCUT2D eigenvalue weighted by molar-refractivity contribution is 0.0754. The number of carbonyl (C=O) groups is 1. The van der Waals surface area contributed by atoms with Crippen molar-refractivity contribution in [2.24, 2.45) is 0 Å². The van der Waals surface area contributed by atoms with Crippen LogP contribution in [0.4, 0.5) is 0 Å². The number of hydrogen-bond acceptors (Lipinski definition) is 3. The second kappa shape index (κ2) is 7.05. The van der Waals surface area contributed by atoms with E-state index in [0.717, 1.165) is 22.3 Å². The summed E-state index contributed by atoms with van der Waals surface area (Å²) in [7, 11) is 0. The third-order valence-corrected chi connectivity index (χ3v) is 4.30. The lowest BCUT2D eigenvalue weighted by atomic mass is 10.1. The first-order valence-corrected chi connectivity index (χ1v) is 8.69. The van der Waals surface area contributed by atoms with E-state index in [2.05, 4.69) is 23.9 Å². The molecule has 130 valence electrons. The van der Waals surface area contributed by atoms with Gasteiger partial charge in [-0.15, -0.1) is 0 Å². The third kappa shape index (κ3) is 3.40. The average Bonchev–Trinajstić information content (AvgIpc) is 3.03. The van der Waals surface area contributed by atoms with Crippen LogP contribution < -0.4 is 0 Å². The third-order valence-electron chi connectivity index (χ3n) is 4.30. The van der Waals surface area contributed by atoms with Crippen molar-refractivity contribution in [1.29, 1.82) is 0 Å². The normalized spacial score (nSPS) is 11.2. The van der Waals surface area contributed by atoms with Gasteiger partial charge in [0.1, 0.15) is 0 Å². The summed E-state index contributed by atoms with van der Waals surface area (Å²) in [5.74, 6) is 0.0187. The van der Waals surface area contributed by atoms with Crippen LogP contribution in [-0.2, 0) is 6.54 Å². The maximum atomic E-state index is 13.2. The lowest BCUT2D eigenvalue weighted by Gasteiger charge is -2.21. The Kier molecular flexibility index (Phi) is 4.83. The molecule has 1 amide bonds. The van der Waals surface area contributed by atoms with Gasteiger partial charge in [0.25, 0.3) is 5.91 Å². The quantitative estimate of drug-likeness (QED) is 0.708. The van der Waals surface area contributed by atoms with Crippen molar-refractivity contribution in [2.45, 2.75) is 40.3 Å². The number of nitrogens with zero attached hydrogens (tertiary/aromatic N) is 4. The predicted molar refractivity (Wildman–Crippen MR) is 99.5 cm³/mol. The Bertz CT molecular complexity index is 883. The van der Waals surface area contributed by atoms with Crippen molar-refractivity contribution in [1.82, 2.24) is 19.7 Å². The van der Waals surface area contributed by atoms with Gasteiger partial charge in [-0.05, 0) is 39.3 Å². The summed E-state index contributed by atoms with van der Waals surface area (Å²) in [5.41, 5.74) is 3.40. The molecule has 0 bridgehead atoms. The monoisotopic (exact) mass is 336 g/mol. The van der Waals surface area contributed by atoms with Gasteiger partial charge in [0.15, 0.2) is 5.65 Å². The number of pyridine rings is 1. The van der Waals surface area contributed by atoms with E-state index in [1.54, 1.807) is 6.20 Å². The van der Waals surface area contributed by atoms with E-state index in [1.165, 1.54) is 0 Å². The lowest BCUT2D eigenvalue weighted by Crippen LogP contribution is -2.30. The zero-order chi connectivity index (χ0) is 18.0. The molecule has 2 aromatic heterocycles. The van der Waals surface area contributed by atoms with Crippen molar-refractivity contribution in [2.75, 3.05) is 6.54 Å². The van der Waals surface area contributed by atoms with Gasteiger partial charge in [0, 0.05) is 24.8 Å². The summed E-state index contributed by atoms with van der Waals surface area (Å²) < 4.78 is 1.87. The molecule has 0 aliphatic heterocycles. The zero-order valence-corrected chi connectivity index (χ0v) is 15.2. The molecule has 0 radical (unpaired) electrons. The first-order valence-electron chi connectivity index (χ1n) is 8.69. The van der Waals surface area contributed by atoms with Crippen LogP contribution >= 0.6 is 0 Å². The largest absolute Gasteiger partial charge is 0.335 e. The van der Waals surface area contributed by atoms with Crippen LogP contribution in [-0.4, -0.2) is 32.1 Å². The molecule has 0 saturated carbocycles. The number of amides is 1. The number of aromatic nitrogens is 3. The first kappa shape index (κ1) is 17.1. The van der Waals surface area contributed by atoms with Gasteiger partial charge in [-0.2, -0.15) is 5.10 Å². The molecule has 1 aromatic carbocycles. The van der Waals surface area contributed by atoms with Crippen LogP contribution in [0, 0.1) is 6.92 Å². The highest BCUT2D eigenvalue weighted by Gasteiger charge is 2.21. The fourth-order valence-corrected chi connectivity index (χ4v) is 3.00. The Hall–Kier alpha value is -2.69. The molecule has 0 atom stereocenters. The minimum absolute atomic E-state index is 0.0187. The van der Waals surface area contributed by atoms with Crippen LogP contribution in [0.2, 0.25) is 0 Å². The summed E-state index contributed by atoms with van der Waals surface area (Å²) in [6.07, 6.45) is 1.76. The molecule has 0 saturated heterocycles. The highest BCUT2D eigenvalue weighted by atomic mass is 16.2. The Morgan fingerprint density at radius 1 is 1.24 bits per heavy atom. The molecule has 0 fully saturated rings. The Morgan fingerprint density at radius 3 is 2.60 bits per heavy atom. The molecule has 3 rings (SSSR count). The highest BCUT2D eigenvalue weighted by Crippen LogP contribution is 2.23. The van der Waals surface area contributed by atoms with Crippen molar-refractivity contribution >= 4 is 16.9 Å². The van der Waals surface area contributed by atoms with Crippen molar-refractivity contribution < 1.29 is 4.79 Å². The topological polar surface area (TPSA) is 51.0 Å². The summed E-state index contributed by atoms with van der Waals surface area (Å²) in [4.78, 5) is 19.6. The number of carbonyl (C=O) groups excluding carboxylic acids is 1. The summed E-state index contributed by atoms with van der Waals surface area (Å²) in [6.45, 7) is 9.29. The molecule has 0 spiro atoms. The summed E-state index contributed by atoms with van der Waals surface area (Å²) in [6, 6.07) is 12.1. The zero-order valence-electron chi connectivity index (χ0n) is 15.2. The second-order valence-corrected chi connectivity index (χ2v) is 6.54. The fraction of sp³-hybridized carbons (Fsp3) is 0.350. The maximum Gasteiger partial charge on any atom is 0.255 e. The average molecular weight is 336 g/mol. The first-order chi connectivity index (χ1) is 12.0. The molecular weight excluding hydrogens is 312 g/mol. The van der Waals surface area contributed by atoms with Crippen LogP contribution in [0.3, 0.4) is 0 Å². The fourth-order valence-electron chi connectivity index (χ4n) is 3.00.